The van der Waals surface area contributed by atoms with Crippen molar-refractivity contribution < 1.29 is 0 Å². The molecule has 21 heavy (non-hydrogen) atoms. The maximum atomic E-state index is 4.82. The van der Waals surface area contributed by atoms with Gasteiger partial charge >= 0.3 is 0 Å². The van der Waals surface area contributed by atoms with Crippen LogP contribution in [0.3, 0.4) is 0 Å². The summed E-state index contributed by atoms with van der Waals surface area (Å²) in [4.78, 5) is 7.10. The van der Waals surface area contributed by atoms with E-state index in [1.165, 1.54) is 5.69 Å². The number of aromatic nitrogens is 2. The van der Waals surface area contributed by atoms with Crippen molar-refractivity contribution in [3.63, 3.8) is 0 Å². The van der Waals surface area contributed by atoms with Crippen molar-refractivity contribution >= 4 is 11.5 Å². The van der Waals surface area contributed by atoms with Crippen LogP contribution in [0.25, 0.3) is 5.65 Å². The largest absolute Gasteiger partial charge is 0.358 e. The molecule has 4 heteroatoms. The Morgan fingerprint density at radius 3 is 2.71 bits per heavy atom. The molecule has 4 nitrogen and oxygen atoms in total. The number of nitrogens with one attached hydrogen (secondary N) is 1. The first-order valence-corrected chi connectivity index (χ1v) is 7.80. The first kappa shape index (κ1) is 15.8. The Hall–Kier alpha value is -1.55. The molecule has 116 valence electrons. The zero-order valence-electron chi connectivity index (χ0n) is 14.0. The van der Waals surface area contributed by atoms with Crippen LogP contribution < -0.4 is 10.2 Å². The predicted molar refractivity (Wildman–Crippen MR) is 89.9 cm³/mol. The van der Waals surface area contributed by atoms with Crippen molar-refractivity contribution in [1.82, 2.24) is 14.7 Å². The van der Waals surface area contributed by atoms with Gasteiger partial charge in [0.05, 0.1) is 5.69 Å². The van der Waals surface area contributed by atoms with E-state index in [0.717, 1.165) is 37.5 Å². The highest BCUT2D eigenvalue weighted by atomic mass is 15.2. The number of fused-ring (bicyclic) bond motifs is 1. The Labute approximate surface area is 128 Å². The van der Waals surface area contributed by atoms with Crippen LogP contribution in [0.1, 0.15) is 39.8 Å². The topological polar surface area (TPSA) is 32.6 Å². The van der Waals surface area contributed by atoms with Crippen LogP contribution in [0.5, 0.6) is 0 Å². The molecule has 0 bridgehead atoms. The molecular formula is C17H28N4. The average molecular weight is 288 g/mol. The molecule has 2 rings (SSSR count). The van der Waals surface area contributed by atoms with E-state index in [2.05, 4.69) is 67.7 Å². The monoisotopic (exact) mass is 288 g/mol. The fourth-order valence-electron chi connectivity index (χ4n) is 2.67. The van der Waals surface area contributed by atoms with Crippen LogP contribution in [0.15, 0.2) is 24.4 Å². The lowest BCUT2D eigenvalue weighted by Crippen LogP contribution is -2.30. The number of nitrogens with zero attached hydrogens (tertiary/aromatic N) is 3. The van der Waals surface area contributed by atoms with Gasteiger partial charge in [-0.1, -0.05) is 33.8 Å². The Balaban J connectivity index is 2.34. The molecule has 0 amide bonds. The smallest absolute Gasteiger partial charge is 0.152 e. The van der Waals surface area contributed by atoms with Crippen LogP contribution in [-0.4, -0.2) is 29.5 Å². The van der Waals surface area contributed by atoms with Crippen molar-refractivity contribution in [1.29, 1.82) is 0 Å². The Morgan fingerprint density at radius 1 is 1.29 bits per heavy atom. The number of pyridine rings is 1. The maximum absolute atomic E-state index is 4.82. The third-order valence-corrected chi connectivity index (χ3v) is 3.40. The molecule has 0 aliphatic carbocycles. The molecule has 0 aliphatic heterocycles. The Kier molecular flexibility index (Phi) is 4.88. The third-order valence-electron chi connectivity index (χ3n) is 3.40. The molecule has 0 saturated carbocycles. The zero-order chi connectivity index (χ0) is 15.5. The van der Waals surface area contributed by atoms with Gasteiger partial charge in [0.1, 0.15) is 5.65 Å². The van der Waals surface area contributed by atoms with Gasteiger partial charge in [-0.3, -0.25) is 0 Å². The molecule has 0 aliphatic rings. The van der Waals surface area contributed by atoms with Gasteiger partial charge in [-0.2, -0.15) is 0 Å². The van der Waals surface area contributed by atoms with E-state index in [9.17, 15) is 0 Å². The van der Waals surface area contributed by atoms with E-state index in [0.29, 0.717) is 0 Å². The van der Waals surface area contributed by atoms with Gasteiger partial charge in [-0.05, 0) is 30.5 Å². The molecule has 0 unspecified atom stereocenters. The molecule has 2 aromatic heterocycles. The summed E-state index contributed by atoms with van der Waals surface area (Å²) in [6, 6.07) is 6.17. The van der Waals surface area contributed by atoms with Gasteiger partial charge in [0.15, 0.2) is 5.82 Å². The van der Waals surface area contributed by atoms with Crippen LogP contribution in [-0.2, 0) is 6.54 Å². The molecule has 0 spiro atoms. The molecule has 2 aromatic rings. The van der Waals surface area contributed by atoms with Crippen LogP contribution in [0, 0.1) is 5.41 Å². The molecule has 2 heterocycles. The summed E-state index contributed by atoms with van der Waals surface area (Å²) in [6.07, 6.45) is 3.24. The van der Waals surface area contributed by atoms with E-state index in [1.807, 2.05) is 6.07 Å². The second-order valence-corrected chi connectivity index (χ2v) is 6.90. The number of hydrogen-bond acceptors (Lipinski definition) is 3. The summed E-state index contributed by atoms with van der Waals surface area (Å²) in [6.45, 7) is 11.8. The molecule has 0 radical (unpaired) electrons. The van der Waals surface area contributed by atoms with Crippen LogP contribution in [0.4, 0.5) is 5.82 Å². The SMILES string of the molecule is CCCNCc1c(N(C)CC(C)(C)C)nc2ccccn12. The van der Waals surface area contributed by atoms with E-state index in [-0.39, 0.29) is 5.41 Å². The van der Waals surface area contributed by atoms with Gasteiger partial charge in [0, 0.05) is 26.3 Å². The Bertz CT molecular complexity index is 580. The predicted octanol–water partition coefficient (Wildman–Crippen LogP) is 3.32. The van der Waals surface area contributed by atoms with Gasteiger partial charge in [-0.25, -0.2) is 4.98 Å². The molecule has 0 fully saturated rings. The molecule has 0 saturated heterocycles. The van der Waals surface area contributed by atoms with Crippen LogP contribution >= 0.6 is 0 Å². The highest BCUT2D eigenvalue weighted by Crippen LogP contribution is 2.24. The maximum Gasteiger partial charge on any atom is 0.152 e. The highest BCUT2D eigenvalue weighted by molar-refractivity contribution is 5.55. The van der Waals surface area contributed by atoms with Crippen LogP contribution in [0.2, 0.25) is 0 Å². The standard InChI is InChI=1S/C17H28N4/c1-6-10-18-12-14-16(20(5)13-17(2,3)4)19-15-9-7-8-11-21(14)15/h7-9,11,18H,6,10,12-13H2,1-5H3. The number of rotatable bonds is 6. The van der Waals surface area contributed by atoms with Crippen molar-refractivity contribution in [3.8, 4) is 0 Å². The highest BCUT2D eigenvalue weighted by Gasteiger charge is 2.19. The third kappa shape index (κ3) is 3.97. The fraction of sp³-hybridized carbons (Fsp3) is 0.588. The summed E-state index contributed by atoms with van der Waals surface area (Å²) >= 11 is 0. The van der Waals surface area contributed by atoms with Crippen molar-refractivity contribution in [3.05, 3.63) is 30.1 Å². The van der Waals surface area contributed by atoms with Gasteiger partial charge in [-0.15, -0.1) is 0 Å². The summed E-state index contributed by atoms with van der Waals surface area (Å²) in [5.41, 5.74) is 2.51. The van der Waals surface area contributed by atoms with Gasteiger partial charge in [0.2, 0.25) is 0 Å². The lowest BCUT2D eigenvalue weighted by atomic mass is 9.96. The first-order valence-electron chi connectivity index (χ1n) is 7.80. The second-order valence-electron chi connectivity index (χ2n) is 6.90. The second kappa shape index (κ2) is 6.48. The summed E-state index contributed by atoms with van der Waals surface area (Å²) in [5.74, 6) is 1.08. The summed E-state index contributed by atoms with van der Waals surface area (Å²) in [7, 11) is 2.14. The quantitative estimate of drug-likeness (QED) is 0.828. The van der Waals surface area contributed by atoms with Crippen molar-refractivity contribution in [2.45, 2.75) is 40.7 Å². The molecule has 0 aromatic carbocycles. The lowest BCUT2D eigenvalue weighted by Gasteiger charge is -2.27. The zero-order valence-corrected chi connectivity index (χ0v) is 14.0. The van der Waals surface area contributed by atoms with Crippen molar-refractivity contribution in [2.75, 3.05) is 25.0 Å². The molecular weight excluding hydrogens is 260 g/mol. The first-order chi connectivity index (χ1) is 9.92. The minimum Gasteiger partial charge on any atom is -0.358 e. The van der Waals surface area contributed by atoms with Gasteiger partial charge in [0.25, 0.3) is 0 Å². The van der Waals surface area contributed by atoms with Gasteiger partial charge < -0.3 is 14.6 Å². The van der Waals surface area contributed by atoms with E-state index in [1.54, 1.807) is 0 Å². The average Bonchev–Trinajstić information content (AvgIpc) is 2.76. The number of imidazole rings is 1. The minimum atomic E-state index is 0.249. The molecule has 0 atom stereocenters. The molecule has 1 N–H and O–H groups in total. The number of anilines is 1. The lowest BCUT2D eigenvalue weighted by molar-refractivity contribution is 0.417. The normalized spacial score (nSPS) is 12.0. The van der Waals surface area contributed by atoms with E-state index < -0.39 is 0 Å². The minimum absolute atomic E-state index is 0.249. The Morgan fingerprint density at radius 2 is 2.05 bits per heavy atom. The summed E-state index contributed by atoms with van der Waals surface area (Å²) < 4.78 is 2.19. The van der Waals surface area contributed by atoms with Crippen molar-refractivity contribution in [2.24, 2.45) is 5.41 Å². The fourth-order valence-corrected chi connectivity index (χ4v) is 2.67. The van der Waals surface area contributed by atoms with E-state index >= 15 is 0 Å². The van der Waals surface area contributed by atoms with E-state index in [4.69, 9.17) is 4.98 Å². The summed E-state index contributed by atoms with van der Waals surface area (Å²) in [5, 5.41) is 3.50. The number of hydrogen-bond donors (Lipinski definition) is 1.